The first-order valence-corrected chi connectivity index (χ1v) is 8.37. The molecule has 4 nitrogen and oxygen atoms in total. The minimum absolute atomic E-state index is 0.218. The van der Waals surface area contributed by atoms with Gasteiger partial charge in [0.05, 0.1) is 5.56 Å². The molecule has 0 aromatic heterocycles. The number of ether oxygens (including phenoxy) is 1. The number of rotatable bonds is 6. The van der Waals surface area contributed by atoms with E-state index in [9.17, 15) is 22.8 Å². The molecule has 2 aromatic carbocycles. The molecular weight excluding hydrogens is 359 g/mol. The Morgan fingerprint density at radius 3 is 2.30 bits per heavy atom. The molecule has 0 saturated carbocycles. The third-order valence-electron chi connectivity index (χ3n) is 3.88. The summed E-state index contributed by atoms with van der Waals surface area (Å²) in [5.41, 5.74) is -0.197. The molecule has 1 N–H and O–H groups in total. The van der Waals surface area contributed by atoms with E-state index in [-0.39, 0.29) is 18.1 Å². The maximum atomic E-state index is 12.8. The maximum absolute atomic E-state index is 12.8. The van der Waals surface area contributed by atoms with Crippen LogP contribution in [-0.2, 0) is 22.3 Å². The first-order valence-electron chi connectivity index (χ1n) is 8.37. The second kappa shape index (κ2) is 8.70. The number of hydrogen-bond acceptors (Lipinski definition) is 3. The van der Waals surface area contributed by atoms with Crippen molar-refractivity contribution in [1.82, 2.24) is 5.32 Å². The molecule has 0 saturated heterocycles. The van der Waals surface area contributed by atoms with Crippen molar-refractivity contribution in [3.05, 3.63) is 71.3 Å². The number of carbonyl (C=O) groups is 2. The second-order valence-corrected chi connectivity index (χ2v) is 6.37. The van der Waals surface area contributed by atoms with Crippen molar-refractivity contribution in [2.45, 2.75) is 32.7 Å². The van der Waals surface area contributed by atoms with Gasteiger partial charge >= 0.3 is 12.1 Å². The lowest BCUT2D eigenvalue weighted by Crippen LogP contribution is -2.45. The van der Waals surface area contributed by atoms with E-state index in [4.69, 9.17) is 4.74 Å². The van der Waals surface area contributed by atoms with E-state index in [1.54, 1.807) is 44.2 Å². The van der Waals surface area contributed by atoms with Crippen molar-refractivity contribution < 1.29 is 27.5 Å². The first-order chi connectivity index (χ1) is 12.7. The van der Waals surface area contributed by atoms with Crippen molar-refractivity contribution in [2.24, 2.45) is 5.92 Å². The summed E-state index contributed by atoms with van der Waals surface area (Å²) in [6, 6.07) is 12.0. The first kappa shape index (κ1) is 20.5. The minimum atomic E-state index is -4.47. The lowest BCUT2D eigenvalue weighted by atomic mass is 10.0. The molecule has 27 heavy (non-hydrogen) atoms. The molecule has 0 bridgehead atoms. The van der Waals surface area contributed by atoms with E-state index in [1.165, 1.54) is 12.1 Å². The molecule has 0 radical (unpaired) electrons. The molecular formula is C20H20F3NO3. The summed E-state index contributed by atoms with van der Waals surface area (Å²) < 4.78 is 43.4. The van der Waals surface area contributed by atoms with E-state index in [0.717, 1.165) is 12.1 Å². The number of benzene rings is 2. The van der Waals surface area contributed by atoms with Crippen LogP contribution in [0, 0.1) is 5.92 Å². The van der Waals surface area contributed by atoms with Gasteiger partial charge in [-0.1, -0.05) is 44.2 Å². The molecule has 7 heteroatoms. The van der Waals surface area contributed by atoms with Gasteiger partial charge in [-0.2, -0.15) is 13.2 Å². The van der Waals surface area contributed by atoms with Crippen LogP contribution in [0.1, 0.15) is 35.3 Å². The maximum Gasteiger partial charge on any atom is 0.416 e. The van der Waals surface area contributed by atoms with E-state index in [1.807, 2.05) is 0 Å². The van der Waals surface area contributed by atoms with Gasteiger partial charge in [0.2, 0.25) is 0 Å². The van der Waals surface area contributed by atoms with Crippen LogP contribution in [-0.4, -0.2) is 17.9 Å². The average Bonchev–Trinajstić information content (AvgIpc) is 2.64. The van der Waals surface area contributed by atoms with Gasteiger partial charge in [0.1, 0.15) is 12.6 Å². The Morgan fingerprint density at radius 1 is 1.04 bits per heavy atom. The number of alkyl halides is 3. The lowest BCUT2D eigenvalue weighted by Gasteiger charge is -2.21. The highest BCUT2D eigenvalue weighted by molar-refractivity contribution is 5.96. The molecule has 0 fully saturated rings. The predicted octanol–water partition coefficient (Wildman–Crippen LogP) is 4.20. The number of halogens is 3. The molecule has 1 unspecified atom stereocenters. The van der Waals surface area contributed by atoms with Gasteiger partial charge in [0.25, 0.3) is 5.91 Å². The van der Waals surface area contributed by atoms with Gasteiger partial charge in [-0.3, -0.25) is 4.79 Å². The van der Waals surface area contributed by atoms with E-state index >= 15 is 0 Å². The van der Waals surface area contributed by atoms with Crippen LogP contribution in [0.4, 0.5) is 13.2 Å². The molecule has 144 valence electrons. The minimum Gasteiger partial charge on any atom is -0.459 e. The molecule has 1 atom stereocenters. The number of esters is 1. The highest BCUT2D eigenvalue weighted by atomic mass is 19.4. The van der Waals surface area contributed by atoms with Crippen LogP contribution in [0.2, 0.25) is 0 Å². The number of amides is 1. The largest absolute Gasteiger partial charge is 0.459 e. The van der Waals surface area contributed by atoms with Crippen molar-refractivity contribution >= 4 is 11.9 Å². The summed E-state index contributed by atoms with van der Waals surface area (Å²) in [5.74, 6) is -1.39. The van der Waals surface area contributed by atoms with E-state index in [2.05, 4.69) is 5.32 Å². The summed E-state index contributed by atoms with van der Waals surface area (Å²) in [7, 11) is 0. The molecule has 1 amide bonds. The molecule has 0 aliphatic rings. The van der Waals surface area contributed by atoms with Gasteiger partial charge in [-0.05, 0) is 35.7 Å². The van der Waals surface area contributed by atoms with Crippen LogP contribution in [0.5, 0.6) is 0 Å². The van der Waals surface area contributed by atoms with E-state index in [0.29, 0.717) is 5.56 Å². The van der Waals surface area contributed by atoms with Gasteiger partial charge < -0.3 is 10.1 Å². The second-order valence-electron chi connectivity index (χ2n) is 6.37. The van der Waals surface area contributed by atoms with Crippen molar-refractivity contribution in [3.8, 4) is 0 Å². The number of nitrogens with one attached hydrogen (secondary N) is 1. The molecule has 2 aromatic rings. The highest BCUT2D eigenvalue weighted by Crippen LogP contribution is 2.29. The quantitative estimate of drug-likeness (QED) is 0.766. The fourth-order valence-electron chi connectivity index (χ4n) is 2.39. The summed E-state index contributed by atoms with van der Waals surface area (Å²) >= 11 is 0. The zero-order chi connectivity index (χ0) is 20.0. The third kappa shape index (κ3) is 5.84. The van der Waals surface area contributed by atoms with Crippen molar-refractivity contribution in [3.63, 3.8) is 0 Å². The average molecular weight is 379 g/mol. The van der Waals surface area contributed by atoms with E-state index < -0.39 is 29.7 Å². The van der Waals surface area contributed by atoms with Gasteiger partial charge in [0.15, 0.2) is 0 Å². The Hall–Kier alpha value is -2.83. The highest BCUT2D eigenvalue weighted by Gasteiger charge is 2.31. The summed E-state index contributed by atoms with van der Waals surface area (Å²) in [4.78, 5) is 24.6. The zero-order valence-electron chi connectivity index (χ0n) is 14.9. The van der Waals surface area contributed by atoms with Gasteiger partial charge in [-0.15, -0.1) is 0 Å². The Labute approximate surface area is 155 Å². The number of carbonyl (C=O) groups excluding carboxylic acids is 2. The lowest BCUT2D eigenvalue weighted by molar-refractivity contribution is -0.148. The normalized spacial score (nSPS) is 12.5. The fourth-order valence-corrected chi connectivity index (χ4v) is 2.39. The van der Waals surface area contributed by atoms with Crippen LogP contribution in [0.3, 0.4) is 0 Å². The molecule has 0 aliphatic carbocycles. The summed E-state index contributed by atoms with van der Waals surface area (Å²) in [6.07, 6.45) is -4.47. The smallest absolute Gasteiger partial charge is 0.416 e. The van der Waals surface area contributed by atoms with Crippen molar-refractivity contribution in [2.75, 3.05) is 0 Å². The fraction of sp³-hybridized carbons (Fsp3) is 0.300. The monoisotopic (exact) mass is 379 g/mol. The molecule has 0 spiro atoms. The van der Waals surface area contributed by atoms with Crippen LogP contribution >= 0.6 is 0 Å². The number of hydrogen-bond donors (Lipinski definition) is 1. The molecule has 2 rings (SSSR count). The molecule has 0 aliphatic heterocycles. The van der Waals surface area contributed by atoms with Crippen LogP contribution < -0.4 is 5.32 Å². The van der Waals surface area contributed by atoms with Gasteiger partial charge in [-0.25, -0.2) is 4.79 Å². The van der Waals surface area contributed by atoms with Gasteiger partial charge in [0, 0.05) is 5.56 Å². The Balaban J connectivity index is 2.02. The predicted molar refractivity (Wildman–Crippen MR) is 93.8 cm³/mol. The van der Waals surface area contributed by atoms with Crippen molar-refractivity contribution in [1.29, 1.82) is 0 Å². The van der Waals surface area contributed by atoms with Crippen LogP contribution in [0.25, 0.3) is 0 Å². The van der Waals surface area contributed by atoms with Crippen LogP contribution in [0.15, 0.2) is 54.6 Å². The molecule has 0 heterocycles. The summed E-state index contributed by atoms with van der Waals surface area (Å²) in [5, 5.41) is 2.61. The third-order valence-corrected chi connectivity index (χ3v) is 3.88. The Morgan fingerprint density at radius 2 is 1.70 bits per heavy atom. The Kier molecular flexibility index (Phi) is 6.60. The topological polar surface area (TPSA) is 55.4 Å². The Bertz CT molecular complexity index is 789. The summed E-state index contributed by atoms with van der Waals surface area (Å²) in [6.45, 7) is 3.16. The standard InChI is InChI=1S/C20H20F3NO3/c1-13(2)17(24-18(25)15-8-4-3-5-9-15)19(26)27-12-14-7-6-10-16(11-14)20(21,22)23/h3-11,13,17H,12H2,1-2H3,(H,24,25). The SMILES string of the molecule is CC(C)C(NC(=O)c1ccccc1)C(=O)OCc1cccc(C(F)(F)F)c1. The zero-order valence-corrected chi connectivity index (χ0v) is 14.9.